The first-order valence-electron chi connectivity index (χ1n) is 6.09. The monoisotopic (exact) mass is 236 g/mol. The molecule has 1 aliphatic rings. The zero-order valence-electron chi connectivity index (χ0n) is 10.5. The fraction of sp³-hybridized carbons (Fsp3) is 0.667. The fourth-order valence-corrected chi connectivity index (χ4v) is 2.30. The predicted molar refractivity (Wildman–Crippen MR) is 65.8 cm³/mol. The smallest absolute Gasteiger partial charge is 0.256 e. The largest absolute Gasteiger partial charge is 0.341 e. The number of carbonyl (C=O) groups is 1. The van der Waals surface area contributed by atoms with Crippen molar-refractivity contribution in [3.63, 3.8) is 0 Å². The van der Waals surface area contributed by atoms with E-state index in [-0.39, 0.29) is 5.91 Å². The fourth-order valence-electron chi connectivity index (χ4n) is 2.30. The first-order valence-corrected chi connectivity index (χ1v) is 6.09. The summed E-state index contributed by atoms with van der Waals surface area (Å²) < 4.78 is 0. The van der Waals surface area contributed by atoms with Gasteiger partial charge < -0.3 is 9.80 Å². The van der Waals surface area contributed by atoms with Crippen molar-refractivity contribution in [2.45, 2.75) is 12.8 Å². The van der Waals surface area contributed by atoms with Crippen LogP contribution in [-0.2, 0) is 0 Å². The van der Waals surface area contributed by atoms with Gasteiger partial charge in [0.25, 0.3) is 5.91 Å². The number of nitrogens with zero attached hydrogens (tertiary/aromatic N) is 3. The maximum atomic E-state index is 12.0. The molecule has 0 atom stereocenters. The molecule has 1 aromatic rings. The maximum Gasteiger partial charge on any atom is 0.256 e. The second kappa shape index (κ2) is 5.31. The van der Waals surface area contributed by atoms with Gasteiger partial charge in [-0.3, -0.25) is 9.89 Å². The van der Waals surface area contributed by atoms with E-state index < -0.39 is 0 Å². The molecule has 0 radical (unpaired) electrons. The molecule has 0 aromatic carbocycles. The Balaban J connectivity index is 1.85. The first kappa shape index (κ1) is 12.1. The van der Waals surface area contributed by atoms with Gasteiger partial charge in [-0.2, -0.15) is 5.10 Å². The Hall–Kier alpha value is -1.36. The summed E-state index contributed by atoms with van der Waals surface area (Å²) in [4.78, 5) is 16.1. The van der Waals surface area contributed by atoms with Crippen molar-refractivity contribution in [3.05, 3.63) is 18.0 Å². The van der Waals surface area contributed by atoms with E-state index in [4.69, 9.17) is 0 Å². The number of piperidine rings is 1. The minimum absolute atomic E-state index is 0.0534. The number of nitrogens with one attached hydrogen (secondary N) is 1. The van der Waals surface area contributed by atoms with Gasteiger partial charge >= 0.3 is 0 Å². The van der Waals surface area contributed by atoms with Gasteiger partial charge in [0.1, 0.15) is 0 Å². The zero-order chi connectivity index (χ0) is 12.3. The molecule has 5 nitrogen and oxygen atoms in total. The summed E-state index contributed by atoms with van der Waals surface area (Å²) in [7, 11) is 4.02. The lowest BCUT2D eigenvalue weighted by atomic mass is 9.96. The molecule has 0 bridgehead atoms. The summed E-state index contributed by atoms with van der Waals surface area (Å²) in [6, 6.07) is 0. The van der Waals surface area contributed by atoms with Gasteiger partial charge in [-0.1, -0.05) is 0 Å². The number of hydrogen-bond acceptors (Lipinski definition) is 3. The van der Waals surface area contributed by atoms with Crippen LogP contribution in [0.25, 0.3) is 0 Å². The average Bonchev–Trinajstić information content (AvgIpc) is 2.84. The molecule has 2 rings (SSSR count). The third-order valence-electron chi connectivity index (χ3n) is 3.46. The molecule has 1 aliphatic heterocycles. The molecule has 1 saturated heterocycles. The van der Waals surface area contributed by atoms with Crippen LogP contribution in [0.4, 0.5) is 0 Å². The van der Waals surface area contributed by atoms with Crippen molar-refractivity contribution < 1.29 is 4.79 Å². The molecule has 1 N–H and O–H groups in total. The number of aromatic nitrogens is 2. The SMILES string of the molecule is CN1CCC(CN(C)C(=O)c2cn[nH]c2)CC1. The van der Waals surface area contributed by atoms with Crippen molar-refractivity contribution in [1.82, 2.24) is 20.0 Å². The van der Waals surface area contributed by atoms with Crippen LogP contribution in [0.2, 0.25) is 0 Å². The van der Waals surface area contributed by atoms with E-state index in [0.717, 1.165) is 19.6 Å². The Bertz CT molecular complexity index is 355. The highest BCUT2D eigenvalue weighted by Gasteiger charge is 2.21. The van der Waals surface area contributed by atoms with Gasteiger partial charge in [-0.25, -0.2) is 0 Å². The van der Waals surface area contributed by atoms with Crippen LogP contribution in [-0.4, -0.2) is 59.6 Å². The molecule has 1 fully saturated rings. The number of carbonyl (C=O) groups excluding carboxylic acids is 1. The van der Waals surface area contributed by atoms with Crippen LogP contribution in [0, 0.1) is 5.92 Å². The number of amides is 1. The van der Waals surface area contributed by atoms with Crippen LogP contribution in [0.15, 0.2) is 12.4 Å². The van der Waals surface area contributed by atoms with Crippen molar-refractivity contribution in [1.29, 1.82) is 0 Å². The Kier molecular flexibility index (Phi) is 3.78. The van der Waals surface area contributed by atoms with Crippen LogP contribution in [0.5, 0.6) is 0 Å². The normalized spacial score (nSPS) is 18.2. The molecule has 2 heterocycles. The van der Waals surface area contributed by atoms with Gasteiger partial charge in [0.2, 0.25) is 0 Å². The highest BCUT2D eigenvalue weighted by atomic mass is 16.2. The summed E-state index contributed by atoms with van der Waals surface area (Å²) in [5.74, 6) is 0.685. The van der Waals surface area contributed by atoms with Crippen LogP contribution >= 0.6 is 0 Å². The van der Waals surface area contributed by atoms with E-state index in [1.54, 1.807) is 17.3 Å². The van der Waals surface area contributed by atoms with Crippen LogP contribution < -0.4 is 0 Å². The first-order chi connectivity index (χ1) is 8.16. The van der Waals surface area contributed by atoms with Gasteiger partial charge in [-0.15, -0.1) is 0 Å². The predicted octanol–water partition coefficient (Wildman–Crippen LogP) is 0.823. The summed E-state index contributed by atoms with van der Waals surface area (Å²) in [5, 5.41) is 6.47. The van der Waals surface area contributed by atoms with E-state index in [2.05, 4.69) is 22.1 Å². The topological polar surface area (TPSA) is 52.2 Å². The highest BCUT2D eigenvalue weighted by Crippen LogP contribution is 2.17. The lowest BCUT2D eigenvalue weighted by molar-refractivity contribution is 0.0747. The summed E-state index contributed by atoms with van der Waals surface area (Å²) in [6.45, 7) is 3.12. The van der Waals surface area contributed by atoms with Crippen molar-refractivity contribution in [2.75, 3.05) is 33.7 Å². The second-order valence-electron chi connectivity index (χ2n) is 4.92. The summed E-state index contributed by atoms with van der Waals surface area (Å²) >= 11 is 0. The second-order valence-corrected chi connectivity index (χ2v) is 4.92. The molecule has 0 aliphatic carbocycles. The van der Waals surface area contributed by atoms with Gasteiger partial charge in [-0.05, 0) is 38.9 Å². The average molecular weight is 236 g/mol. The highest BCUT2D eigenvalue weighted by molar-refractivity contribution is 5.93. The van der Waals surface area contributed by atoms with Crippen LogP contribution in [0.1, 0.15) is 23.2 Å². The lowest BCUT2D eigenvalue weighted by Gasteiger charge is -2.31. The Morgan fingerprint density at radius 1 is 1.59 bits per heavy atom. The molecule has 94 valence electrons. The molecule has 5 heteroatoms. The molecular formula is C12H20N4O. The maximum absolute atomic E-state index is 12.0. The minimum atomic E-state index is 0.0534. The third-order valence-corrected chi connectivity index (χ3v) is 3.46. The minimum Gasteiger partial charge on any atom is -0.341 e. The zero-order valence-corrected chi connectivity index (χ0v) is 10.5. The number of H-pyrrole nitrogens is 1. The molecule has 0 saturated carbocycles. The van der Waals surface area contributed by atoms with Crippen molar-refractivity contribution in [2.24, 2.45) is 5.92 Å². The number of likely N-dealkylation sites (tertiary alicyclic amines) is 1. The standard InChI is InChI=1S/C12H20N4O/c1-15-5-3-10(4-6-15)9-16(2)12(17)11-7-13-14-8-11/h7-8,10H,3-6,9H2,1-2H3,(H,13,14). The van der Waals surface area contributed by atoms with Crippen molar-refractivity contribution in [3.8, 4) is 0 Å². The Morgan fingerprint density at radius 2 is 2.29 bits per heavy atom. The Morgan fingerprint density at radius 3 is 2.88 bits per heavy atom. The summed E-state index contributed by atoms with van der Waals surface area (Å²) in [5.41, 5.74) is 0.639. The Labute approximate surface area is 102 Å². The van der Waals surface area contributed by atoms with Crippen molar-refractivity contribution >= 4 is 5.91 Å². The molecule has 1 amide bonds. The van der Waals surface area contributed by atoms with Gasteiger partial charge in [0.15, 0.2) is 0 Å². The van der Waals surface area contributed by atoms with Gasteiger partial charge in [0.05, 0.1) is 11.8 Å². The van der Waals surface area contributed by atoms with Crippen LogP contribution in [0.3, 0.4) is 0 Å². The molecule has 1 aromatic heterocycles. The van der Waals surface area contributed by atoms with E-state index in [1.165, 1.54) is 12.8 Å². The van der Waals surface area contributed by atoms with E-state index in [1.807, 2.05) is 7.05 Å². The quantitative estimate of drug-likeness (QED) is 0.845. The molecular weight excluding hydrogens is 216 g/mol. The number of hydrogen-bond donors (Lipinski definition) is 1. The van der Waals surface area contributed by atoms with E-state index in [9.17, 15) is 4.79 Å². The number of aromatic amines is 1. The third kappa shape index (κ3) is 3.06. The van der Waals surface area contributed by atoms with E-state index >= 15 is 0 Å². The molecule has 0 spiro atoms. The van der Waals surface area contributed by atoms with E-state index in [0.29, 0.717) is 11.5 Å². The summed E-state index contributed by atoms with van der Waals surface area (Å²) in [6.07, 6.45) is 5.58. The lowest BCUT2D eigenvalue weighted by Crippen LogP contribution is -2.37. The molecule has 17 heavy (non-hydrogen) atoms. The number of rotatable bonds is 3. The van der Waals surface area contributed by atoms with Gasteiger partial charge in [0, 0.05) is 19.8 Å². The molecule has 0 unspecified atom stereocenters.